The molecule has 1 unspecified atom stereocenters. The number of hydrogen-bond donors (Lipinski definition) is 0. The number of β-lactam (4-membered cyclic amide) rings is 1. The highest BCUT2D eigenvalue weighted by molar-refractivity contribution is 9.10. The molecule has 1 fully saturated rings. The van der Waals surface area contributed by atoms with Crippen LogP contribution in [-0.4, -0.2) is 24.2 Å². The van der Waals surface area contributed by atoms with E-state index in [1.54, 1.807) is 13.3 Å². The van der Waals surface area contributed by atoms with Crippen molar-refractivity contribution in [2.45, 2.75) is 12.5 Å². The first kappa shape index (κ1) is 14.8. The predicted molar refractivity (Wildman–Crippen MR) is 88.9 cm³/mol. The number of hydrogen-bond acceptors (Lipinski definition) is 3. The number of carbonyl (C=O) groups excluding carboxylic acids is 1. The van der Waals surface area contributed by atoms with Gasteiger partial charge in [0.2, 0.25) is 5.91 Å². The van der Waals surface area contributed by atoms with Crippen LogP contribution in [0.3, 0.4) is 0 Å². The second-order valence-electron chi connectivity index (χ2n) is 5.00. The molecule has 1 aliphatic heterocycles. The third-order valence-corrected chi connectivity index (χ3v) is 4.11. The first-order valence-corrected chi connectivity index (χ1v) is 7.73. The van der Waals surface area contributed by atoms with Gasteiger partial charge in [-0.25, -0.2) is 5.01 Å². The molecule has 1 amide bonds. The van der Waals surface area contributed by atoms with Crippen LogP contribution < -0.4 is 4.74 Å². The van der Waals surface area contributed by atoms with Crippen LogP contribution in [0.25, 0.3) is 0 Å². The van der Waals surface area contributed by atoms with Gasteiger partial charge in [0.05, 0.1) is 25.8 Å². The van der Waals surface area contributed by atoms with E-state index in [4.69, 9.17) is 4.74 Å². The zero-order valence-electron chi connectivity index (χ0n) is 12.1. The Hall–Kier alpha value is -2.14. The van der Waals surface area contributed by atoms with E-state index < -0.39 is 0 Å². The van der Waals surface area contributed by atoms with E-state index in [0.717, 1.165) is 21.3 Å². The van der Waals surface area contributed by atoms with E-state index in [1.807, 2.05) is 48.5 Å². The predicted octanol–water partition coefficient (Wildman–Crippen LogP) is 3.77. The standard InChI is InChI=1S/C17H15BrN2O2/c1-22-16-8-7-14(18)9-13(16)11-19-20-15(10-17(20)21)12-5-3-2-4-6-12/h2-9,11,15H,10H2,1H3. The molecule has 1 saturated heterocycles. The SMILES string of the molecule is COc1ccc(Br)cc1C=NN1C(=O)CC1c1ccccc1. The second kappa shape index (κ2) is 6.32. The van der Waals surface area contributed by atoms with Gasteiger partial charge in [-0.3, -0.25) is 4.79 Å². The van der Waals surface area contributed by atoms with Gasteiger partial charge in [0.15, 0.2) is 0 Å². The molecule has 0 bridgehead atoms. The van der Waals surface area contributed by atoms with Crippen LogP contribution in [0.5, 0.6) is 5.75 Å². The van der Waals surface area contributed by atoms with Gasteiger partial charge in [0.25, 0.3) is 0 Å². The zero-order valence-corrected chi connectivity index (χ0v) is 13.7. The van der Waals surface area contributed by atoms with Crippen molar-refractivity contribution in [1.29, 1.82) is 0 Å². The number of ether oxygens (including phenoxy) is 1. The van der Waals surface area contributed by atoms with Gasteiger partial charge in [-0.2, -0.15) is 5.10 Å². The van der Waals surface area contributed by atoms with Crippen molar-refractivity contribution in [2.24, 2.45) is 5.10 Å². The number of benzene rings is 2. The molecule has 112 valence electrons. The van der Waals surface area contributed by atoms with Crippen molar-refractivity contribution in [2.75, 3.05) is 7.11 Å². The molecule has 0 radical (unpaired) electrons. The summed E-state index contributed by atoms with van der Waals surface area (Å²) >= 11 is 3.43. The Kier molecular flexibility index (Phi) is 4.24. The van der Waals surface area contributed by atoms with E-state index in [2.05, 4.69) is 21.0 Å². The van der Waals surface area contributed by atoms with Crippen LogP contribution in [0, 0.1) is 0 Å². The summed E-state index contributed by atoms with van der Waals surface area (Å²) in [6, 6.07) is 15.6. The molecule has 0 aromatic heterocycles. The van der Waals surface area contributed by atoms with Gasteiger partial charge in [0.1, 0.15) is 5.75 Å². The molecule has 22 heavy (non-hydrogen) atoms. The second-order valence-corrected chi connectivity index (χ2v) is 5.92. The zero-order chi connectivity index (χ0) is 15.5. The quantitative estimate of drug-likeness (QED) is 0.616. The Morgan fingerprint density at radius 1 is 1.27 bits per heavy atom. The van der Waals surface area contributed by atoms with Gasteiger partial charge in [-0.15, -0.1) is 0 Å². The Balaban J connectivity index is 1.82. The van der Waals surface area contributed by atoms with E-state index in [0.29, 0.717) is 6.42 Å². The number of rotatable bonds is 4. The Morgan fingerprint density at radius 2 is 2.05 bits per heavy atom. The van der Waals surface area contributed by atoms with Crippen LogP contribution in [0.15, 0.2) is 58.1 Å². The highest BCUT2D eigenvalue weighted by atomic mass is 79.9. The molecular weight excluding hydrogens is 344 g/mol. The molecular formula is C17H15BrN2O2. The summed E-state index contributed by atoms with van der Waals surface area (Å²) in [7, 11) is 1.61. The number of nitrogens with zero attached hydrogens (tertiary/aromatic N) is 2. The number of amides is 1. The fraction of sp³-hybridized carbons (Fsp3) is 0.176. The van der Waals surface area contributed by atoms with Crippen molar-refractivity contribution in [1.82, 2.24) is 5.01 Å². The minimum Gasteiger partial charge on any atom is -0.496 e. The fourth-order valence-electron chi connectivity index (χ4n) is 2.42. The maximum atomic E-state index is 11.8. The summed E-state index contributed by atoms with van der Waals surface area (Å²) in [4.78, 5) is 11.8. The fourth-order valence-corrected chi connectivity index (χ4v) is 2.80. The van der Waals surface area contributed by atoms with E-state index in [-0.39, 0.29) is 11.9 Å². The lowest BCUT2D eigenvalue weighted by Crippen LogP contribution is -2.42. The van der Waals surface area contributed by atoms with Gasteiger partial charge >= 0.3 is 0 Å². The number of carbonyl (C=O) groups is 1. The number of hydrazone groups is 1. The third-order valence-electron chi connectivity index (χ3n) is 3.62. The molecule has 2 aromatic carbocycles. The topological polar surface area (TPSA) is 41.9 Å². The molecule has 4 nitrogen and oxygen atoms in total. The first-order chi connectivity index (χ1) is 10.7. The molecule has 3 rings (SSSR count). The highest BCUT2D eigenvalue weighted by Crippen LogP contribution is 2.34. The van der Waals surface area contributed by atoms with E-state index in [1.165, 1.54) is 5.01 Å². The van der Waals surface area contributed by atoms with Gasteiger partial charge in [0, 0.05) is 10.0 Å². The summed E-state index contributed by atoms with van der Waals surface area (Å²) in [5.74, 6) is 0.746. The normalized spacial score (nSPS) is 17.6. The third kappa shape index (κ3) is 2.90. The van der Waals surface area contributed by atoms with Crippen LogP contribution in [0.4, 0.5) is 0 Å². The lowest BCUT2D eigenvalue weighted by atomic mass is 9.96. The lowest BCUT2D eigenvalue weighted by Gasteiger charge is -2.36. The van der Waals surface area contributed by atoms with Crippen molar-refractivity contribution in [3.05, 3.63) is 64.1 Å². The Morgan fingerprint density at radius 3 is 2.73 bits per heavy atom. The smallest absolute Gasteiger partial charge is 0.245 e. The van der Waals surface area contributed by atoms with Gasteiger partial charge in [-0.05, 0) is 23.8 Å². The summed E-state index contributed by atoms with van der Waals surface area (Å²) in [5.41, 5.74) is 1.92. The average molecular weight is 359 g/mol. The Labute approximate surface area is 137 Å². The molecule has 1 atom stereocenters. The molecule has 5 heteroatoms. The van der Waals surface area contributed by atoms with E-state index in [9.17, 15) is 4.79 Å². The van der Waals surface area contributed by atoms with Crippen molar-refractivity contribution in [3.63, 3.8) is 0 Å². The van der Waals surface area contributed by atoms with Gasteiger partial charge < -0.3 is 4.74 Å². The molecule has 1 aliphatic rings. The summed E-state index contributed by atoms with van der Waals surface area (Å²) < 4.78 is 6.24. The largest absolute Gasteiger partial charge is 0.496 e. The maximum absolute atomic E-state index is 11.8. The van der Waals surface area contributed by atoms with Gasteiger partial charge in [-0.1, -0.05) is 46.3 Å². The summed E-state index contributed by atoms with van der Waals surface area (Å²) in [5, 5.41) is 5.87. The van der Waals surface area contributed by atoms with Crippen LogP contribution in [-0.2, 0) is 4.79 Å². The van der Waals surface area contributed by atoms with E-state index >= 15 is 0 Å². The van der Waals surface area contributed by atoms with Crippen molar-refractivity contribution >= 4 is 28.1 Å². The maximum Gasteiger partial charge on any atom is 0.245 e. The summed E-state index contributed by atoms with van der Waals surface area (Å²) in [6.45, 7) is 0. The molecule has 0 aliphatic carbocycles. The monoisotopic (exact) mass is 358 g/mol. The molecule has 1 heterocycles. The minimum atomic E-state index is 0.0168. The number of methoxy groups -OCH3 is 1. The first-order valence-electron chi connectivity index (χ1n) is 6.93. The molecule has 2 aromatic rings. The van der Waals surface area contributed by atoms with Crippen LogP contribution >= 0.6 is 15.9 Å². The molecule has 0 spiro atoms. The number of halogens is 1. The average Bonchev–Trinajstić information content (AvgIpc) is 2.53. The molecule has 0 N–H and O–H groups in total. The Bertz CT molecular complexity index is 716. The summed E-state index contributed by atoms with van der Waals surface area (Å²) in [6.07, 6.45) is 2.16. The minimum absolute atomic E-state index is 0.0168. The van der Waals surface area contributed by atoms with Crippen LogP contribution in [0.1, 0.15) is 23.6 Å². The molecule has 0 saturated carbocycles. The van der Waals surface area contributed by atoms with Crippen LogP contribution in [0.2, 0.25) is 0 Å². The lowest BCUT2D eigenvalue weighted by molar-refractivity contribution is -0.146. The van der Waals surface area contributed by atoms with Crippen molar-refractivity contribution < 1.29 is 9.53 Å². The van der Waals surface area contributed by atoms with Crippen molar-refractivity contribution in [3.8, 4) is 5.75 Å². The highest BCUT2D eigenvalue weighted by Gasteiger charge is 2.37.